The van der Waals surface area contributed by atoms with E-state index in [4.69, 9.17) is 6.42 Å². The van der Waals surface area contributed by atoms with Crippen molar-refractivity contribution in [1.29, 1.82) is 0 Å². The van der Waals surface area contributed by atoms with Crippen LogP contribution in [0.2, 0.25) is 0 Å². The highest BCUT2D eigenvalue weighted by molar-refractivity contribution is 4.99. The van der Waals surface area contributed by atoms with E-state index in [1.165, 1.54) is 12.8 Å². The zero-order valence-electron chi connectivity index (χ0n) is 6.69. The fourth-order valence-electron chi connectivity index (χ4n) is 2.17. The van der Waals surface area contributed by atoms with Crippen LogP contribution >= 0.6 is 0 Å². The van der Waals surface area contributed by atoms with Crippen molar-refractivity contribution in [1.82, 2.24) is 10.2 Å². The molecule has 2 rings (SSSR count). The summed E-state index contributed by atoms with van der Waals surface area (Å²) in [4.78, 5) is 1.99. The van der Waals surface area contributed by atoms with Crippen LogP contribution in [0.15, 0.2) is 0 Å². The molecule has 11 heavy (non-hydrogen) atoms. The van der Waals surface area contributed by atoms with Gasteiger partial charge in [-0.3, -0.25) is 0 Å². The van der Waals surface area contributed by atoms with Gasteiger partial charge >= 0.3 is 0 Å². The minimum Gasteiger partial charge on any atom is -0.331 e. The van der Waals surface area contributed by atoms with Gasteiger partial charge in [-0.2, -0.15) is 0 Å². The van der Waals surface area contributed by atoms with Crippen LogP contribution in [-0.4, -0.2) is 31.1 Å². The van der Waals surface area contributed by atoms with Gasteiger partial charge < -0.3 is 10.2 Å². The van der Waals surface area contributed by atoms with Gasteiger partial charge in [0.05, 0.1) is 0 Å². The summed E-state index contributed by atoms with van der Waals surface area (Å²) < 4.78 is 0. The maximum Gasteiger partial charge on any atom is 0.0330 e. The molecule has 0 aromatic rings. The standard InChI is InChI=1S/C9H13N2/c1-2-11-6-4-9(8-11)3-5-10-7-9/h10H,3-8H2. The van der Waals surface area contributed by atoms with Crippen LogP contribution in [0, 0.1) is 17.9 Å². The molecule has 1 atom stereocenters. The molecular formula is C9H13N2. The maximum absolute atomic E-state index is 7.00. The molecule has 2 heteroatoms. The fourth-order valence-corrected chi connectivity index (χ4v) is 2.17. The Morgan fingerprint density at radius 2 is 2.36 bits per heavy atom. The van der Waals surface area contributed by atoms with Crippen molar-refractivity contribution in [3.05, 3.63) is 6.42 Å². The van der Waals surface area contributed by atoms with Gasteiger partial charge in [-0.25, -0.2) is 0 Å². The van der Waals surface area contributed by atoms with Crippen LogP contribution in [0.25, 0.3) is 0 Å². The van der Waals surface area contributed by atoms with Crippen molar-refractivity contribution in [3.8, 4) is 6.04 Å². The van der Waals surface area contributed by atoms with Gasteiger partial charge in [0.25, 0.3) is 0 Å². The van der Waals surface area contributed by atoms with Crippen molar-refractivity contribution in [2.24, 2.45) is 5.41 Å². The fraction of sp³-hybridized carbons (Fsp3) is 0.778. The number of hydrogen-bond acceptors (Lipinski definition) is 2. The Bertz CT molecular complexity index is 186. The molecule has 2 aliphatic heterocycles. The molecule has 0 aromatic heterocycles. The first-order valence-electron chi connectivity index (χ1n) is 4.23. The lowest BCUT2D eigenvalue weighted by atomic mass is 9.87. The van der Waals surface area contributed by atoms with E-state index in [0.29, 0.717) is 5.41 Å². The summed E-state index contributed by atoms with van der Waals surface area (Å²) in [6, 6.07) is 2.47. The Balaban J connectivity index is 2.03. The summed E-state index contributed by atoms with van der Waals surface area (Å²) in [5, 5.41) is 3.38. The first kappa shape index (κ1) is 7.00. The SMILES string of the molecule is [C]#CN1CCC2(CCNC2)C1. The second-order valence-corrected chi connectivity index (χ2v) is 3.71. The first-order valence-corrected chi connectivity index (χ1v) is 4.23. The maximum atomic E-state index is 7.00. The third-order valence-corrected chi connectivity index (χ3v) is 2.93. The number of hydrogen-bond donors (Lipinski definition) is 1. The highest BCUT2D eigenvalue weighted by Crippen LogP contribution is 2.35. The normalized spacial score (nSPS) is 36.5. The van der Waals surface area contributed by atoms with Gasteiger partial charge in [0, 0.05) is 37.5 Å². The van der Waals surface area contributed by atoms with Crippen LogP contribution in [0.4, 0.5) is 0 Å². The Kier molecular flexibility index (Phi) is 1.54. The Labute approximate surface area is 68.0 Å². The largest absolute Gasteiger partial charge is 0.331 e. The molecule has 0 aliphatic carbocycles. The van der Waals surface area contributed by atoms with Crippen molar-refractivity contribution in [3.63, 3.8) is 0 Å². The molecule has 1 spiro atoms. The molecule has 2 nitrogen and oxygen atoms in total. The van der Waals surface area contributed by atoms with Crippen molar-refractivity contribution >= 4 is 0 Å². The number of nitrogens with one attached hydrogen (secondary N) is 1. The number of likely N-dealkylation sites (tertiary alicyclic amines) is 1. The summed E-state index contributed by atoms with van der Waals surface area (Å²) >= 11 is 0. The third-order valence-electron chi connectivity index (χ3n) is 2.93. The van der Waals surface area contributed by atoms with Gasteiger partial charge in [0.2, 0.25) is 0 Å². The lowest BCUT2D eigenvalue weighted by molar-refractivity contribution is 0.331. The second kappa shape index (κ2) is 2.42. The summed E-state index contributed by atoms with van der Waals surface area (Å²) in [7, 11) is 0. The molecule has 0 amide bonds. The highest BCUT2D eigenvalue weighted by Gasteiger charge is 2.39. The molecule has 0 saturated carbocycles. The van der Waals surface area contributed by atoms with Gasteiger partial charge in [0.15, 0.2) is 0 Å². The van der Waals surface area contributed by atoms with E-state index in [-0.39, 0.29) is 0 Å². The monoisotopic (exact) mass is 149 g/mol. The molecule has 2 heterocycles. The average Bonchev–Trinajstić information content (AvgIpc) is 2.62. The Hall–Kier alpha value is -0.680. The molecule has 1 N–H and O–H groups in total. The van der Waals surface area contributed by atoms with Crippen LogP contribution in [0.1, 0.15) is 12.8 Å². The molecule has 2 saturated heterocycles. The second-order valence-electron chi connectivity index (χ2n) is 3.71. The van der Waals surface area contributed by atoms with Gasteiger partial charge in [-0.05, 0) is 19.4 Å². The molecule has 2 fully saturated rings. The van der Waals surface area contributed by atoms with Gasteiger partial charge in [-0.1, -0.05) is 0 Å². The summed E-state index contributed by atoms with van der Waals surface area (Å²) in [5.41, 5.74) is 0.494. The molecule has 2 aliphatic rings. The molecular weight excluding hydrogens is 136 g/mol. The van der Waals surface area contributed by atoms with Crippen LogP contribution in [-0.2, 0) is 0 Å². The lowest BCUT2D eigenvalue weighted by Crippen LogP contribution is -2.26. The number of nitrogens with zero attached hydrogens (tertiary/aromatic N) is 1. The molecule has 1 unspecified atom stereocenters. The lowest BCUT2D eigenvalue weighted by Gasteiger charge is -2.20. The van der Waals surface area contributed by atoms with E-state index in [2.05, 4.69) is 11.4 Å². The van der Waals surface area contributed by atoms with E-state index in [0.717, 1.165) is 26.2 Å². The van der Waals surface area contributed by atoms with E-state index >= 15 is 0 Å². The van der Waals surface area contributed by atoms with Gasteiger partial charge in [-0.15, -0.1) is 0 Å². The molecule has 59 valence electrons. The smallest absolute Gasteiger partial charge is 0.0330 e. The quantitative estimate of drug-likeness (QED) is 0.496. The van der Waals surface area contributed by atoms with E-state index in [1.54, 1.807) is 0 Å². The van der Waals surface area contributed by atoms with Crippen LogP contribution < -0.4 is 5.32 Å². The van der Waals surface area contributed by atoms with E-state index in [9.17, 15) is 0 Å². The third kappa shape index (κ3) is 1.10. The average molecular weight is 149 g/mol. The van der Waals surface area contributed by atoms with Crippen molar-refractivity contribution in [2.75, 3.05) is 26.2 Å². The zero-order valence-corrected chi connectivity index (χ0v) is 6.69. The minimum atomic E-state index is 0.494. The summed E-state index contributed by atoms with van der Waals surface area (Å²) in [5.74, 6) is 0. The van der Waals surface area contributed by atoms with Crippen molar-refractivity contribution in [2.45, 2.75) is 12.8 Å². The minimum absolute atomic E-state index is 0.494. The molecule has 0 aromatic carbocycles. The Morgan fingerprint density at radius 1 is 1.45 bits per heavy atom. The summed E-state index contributed by atoms with van der Waals surface area (Å²) in [6.07, 6.45) is 9.53. The number of rotatable bonds is 0. The molecule has 0 bridgehead atoms. The first-order chi connectivity index (χ1) is 5.35. The van der Waals surface area contributed by atoms with Crippen molar-refractivity contribution < 1.29 is 0 Å². The van der Waals surface area contributed by atoms with E-state index in [1.807, 2.05) is 4.90 Å². The van der Waals surface area contributed by atoms with Crippen LogP contribution in [0.3, 0.4) is 0 Å². The van der Waals surface area contributed by atoms with Crippen LogP contribution in [0.5, 0.6) is 0 Å². The molecule has 1 radical (unpaired) electrons. The van der Waals surface area contributed by atoms with E-state index < -0.39 is 0 Å². The van der Waals surface area contributed by atoms with Gasteiger partial charge in [0.1, 0.15) is 0 Å². The Morgan fingerprint density at radius 3 is 2.91 bits per heavy atom. The topological polar surface area (TPSA) is 15.3 Å². The zero-order chi connectivity index (χ0) is 7.73. The highest BCUT2D eigenvalue weighted by atomic mass is 15.2. The predicted molar refractivity (Wildman–Crippen MR) is 43.2 cm³/mol. The summed E-state index contributed by atoms with van der Waals surface area (Å²) in [6.45, 7) is 4.38. The predicted octanol–water partition coefficient (Wildman–Crippen LogP) is 0.219.